The molecule has 0 radical (unpaired) electrons. The molecule has 2 aliphatic carbocycles. The number of hydrogen-bond donors (Lipinski definition) is 0. The summed E-state index contributed by atoms with van der Waals surface area (Å²) in [4.78, 5) is 0. The van der Waals surface area contributed by atoms with Gasteiger partial charge in [0.05, 0.1) is 0 Å². The zero-order chi connectivity index (χ0) is 27.1. The summed E-state index contributed by atoms with van der Waals surface area (Å²) in [6.45, 7) is 0.184. The molecule has 4 heteroatoms. The predicted molar refractivity (Wildman–Crippen MR) is 179 cm³/mol. The Labute approximate surface area is 250 Å². The SMILES string of the molecule is BrB1c2ccccc2C2(c3ccccc3B(n3c4ccccc4c4ccccc43)C3C=CC=CC32)C2C=CC=CC12. The van der Waals surface area contributed by atoms with Crippen LogP contribution in [0.4, 0.5) is 0 Å². The van der Waals surface area contributed by atoms with Crippen LogP contribution in [-0.4, -0.2) is 16.9 Å². The van der Waals surface area contributed by atoms with Gasteiger partial charge in [0.25, 0.3) is 5.54 Å². The van der Waals surface area contributed by atoms with Crippen LogP contribution >= 0.6 is 15.8 Å². The van der Waals surface area contributed by atoms with E-state index in [1.54, 1.807) is 0 Å². The van der Waals surface area contributed by atoms with E-state index >= 15 is 0 Å². The summed E-state index contributed by atoms with van der Waals surface area (Å²) in [5, 5.41) is 2.66. The van der Waals surface area contributed by atoms with Crippen molar-refractivity contribution >= 4 is 60.9 Å². The first-order valence-electron chi connectivity index (χ1n) is 14.8. The Morgan fingerprint density at radius 1 is 0.537 bits per heavy atom. The molecular weight excluding hydrogens is 560 g/mol. The lowest BCUT2D eigenvalue weighted by Gasteiger charge is -2.59. The van der Waals surface area contributed by atoms with Crippen molar-refractivity contribution in [1.82, 2.24) is 4.48 Å². The molecule has 2 aliphatic heterocycles. The standard InChI is InChI=1S/C37H28B2BrN/c40-38-31-19-7-3-15-27(31)37(28-16-4-8-20-32(28)38)29-17-5-9-21-33(29)39(34-22-10-6-18-30(34)37)41-35-23-11-1-13-25(35)26-14-2-12-24-36(26)41/h1-24,27,29,31,33H. The minimum atomic E-state index is -0.176. The molecule has 3 heterocycles. The molecular formula is C37H28B2BrN. The van der Waals surface area contributed by atoms with Crippen LogP contribution in [0, 0.1) is 11.8 Å². The number of halogens is 1. The molecule has 1 aromatic heterocycles. The van der Waals surface area contributed by atoms with Crippen LogP contribution in [-0.2, 0) is 5.41 Å². The third-order valence-corrected chi connectivity index (χ3v) is 11.5. The summed E-state index contributed by atoms with van der Waals surface area (Å²) < 4.78 is 2.66. The highest BCUT2D eigenvalue weighted by atomic mass is 79.9. The average molecular weight is 588 g/mol. The van der Waals surface area contributed by atoms with Gasteiger partial charge in [-0.1, -0.05) is 144 Å². The molecule has 0 bridgehead atoms. The third kappa shape index (κ3) is 3.04. The lowest BCUT2D eigenvalue weighted by molar-refractivity contribution is 0.280. The fraction of sp³-hybridized carbons (Fsp3) is 0.135. The molecule has 5 aromatic rings. The Kier molecular flexibility index (Phi) is 5.17. The normalized spacial score (nSPS) is 27.2. The molecule has 0 saturated carbocycles. The van der Waals surface area contributed by atoms with E-state index < -0.39 is 0 Å². The molecule has 0 fully saturated rings. The number of allylic oxidation sites excluding steroid dienone is 8. The predicted octanol–water partition coefficient (Wildman–Crippen LogP) is 7.67. The second-order valence-corrected chi connectivity index (χ2v) is 13.0. The van der Waals surface area contributed by atoms with Gasteiger partial charge < -0.3 is 4.48 Å². The Morgan fingerprint density at radius 2 is 1.02 bits per heavy atom. The number of benzene rings is 4. The highest BCUT2D eigenvalue weighted by Gasteiger charge is 2.61. The summed E-state index contributed by atoms with van der Waals surface area (Å²) in [6.07, 6.45) is 19.1. The van der Waals surface area contributed by atoms with Gasteiger partial charge in [-0.05, 0) is 46.7 Å². The van der Waals surface area contributed by atoms with Crippen molar-refractivity contribution in [2.24, 2.45) is 11.8 Å². The molecule has 1 spiro atoms. The van der Waals surface area contributed by atoms with Crippen LogP contribution in [0.15, 0.2) is 146 Å². The first kappa shape index (κ1) is 23.9. The van der Waals surface area contributed by atoms with Crippen LogP contribution in [0.1, 0.15) is 11.1 Å². The minimum absolute atomic E-state index is 0.176. The van der Waals surface area contributed by atoms with Crippen molar-refractivity contribution in [1.29, 1.82) is 0 Å². The monoisotopic (exact) mass is 587 g/mol. The largest absolute Gasteiger partial charge is 0.380 e. The number of fused-ring (bicyclic) bond motifs is 11. The fourth-order valence-corrected chi connectivity index (χ4v) is 9.95. The lowest BCUT2D eigenvalue weighted by atomic mass is 9.28. The summed E-state index contributed by atoms with van der Waals surface area (Å²) in [5.74, 6) is 1.33. The van der Waals surface area contributed by atoms with Crippen molar-refractivity contribution in [3.8, 4) is 0 Å². The van der Waals surface area contributed by atoms with E-state index in [0.717, 1.165) is 0 Å². The Balaban J connectivity index is 1.42. The maximum Gasteiger partial charge on any atom is 0.301 e. The Morgan fingerprint density at radius 3 is 1.71 bits per heavy atom. The Bertz CT molecular complexity index is 1930. The van der Waals surface area contributed by atoms with E-state index in [9.17, 15) is 0 Å². The van der Waals surface area contributed by atoms with E-state index in [-0.39, 0.29) is 12.3 Å². The van der Waals surface area contributed by atoms with Gasteiger partial charge in [-0.15, -0.1) is 15.8 Å². The van der Waals surface area contributed by atoms with E-state index in [0.29, 0.717) is 29.0 Å². The van der Waals surface area contributed by atoms with Crippen LogP contribution in [0.25, 0.3) is 21.8 Å². The van der Waals surface area contributed by atoms with Crippen molar-refractivity contribution in [3.05, 3.63) is 157 Å². The summed E-state index contributed by atoms with van der Waals surface area (Å²) in [5.41, 5.74) is 8.58. The number of para-hydroxylation sites is 2. The van der Waals surface area contributed by atoms with Crippen molar-refractivity contribution < 1.29 is 0 Å². The fourth-order valence-electron chi connectivity index (χ4n) is 9.05. The minimum Gasteiger partial charge on any atom is -0.380 e. The number of nitrogens with zero attached hydrogens (tertiary/aromatic N) is 1. The zero-order valence-corrected chi connectivity index (χ0v) is 24.2. The van der Waals surface area contributed by atoms with Gasteiger partial charge in [-0.25, -0.2) is 0 Å². The zero-order valence-electron chi connectivity index (χ0n) is 22.6. The van der Waals surface area contributed by atoms with E-state index in [2.05, 4.69) is 166 Å². The second-order valence-electron chi connectivity index (χ2n) is 12.0. The molecule has 4 aliphatic rings. The summed E-state index contributed by atoms with van der Waals surface area (Å²) >= 11 is 4.18. The summed E-state index contributed by atoms with van der Waals surface area (Å²) in [7, 11) is 0. The second kappa shape index (κ2) is 8.87. The topological polar surface area (TPSA) is 4.93 Å². The number of aromatic nitrogens is 1. The van der Waals surface area contributed by atoms with Gasteiger partial charge in [-0.3, -0.25) is 0 Å². The van der Waals surface area contributed by atoms with E-state index in [1.165, 1.54) is 43.9 Å². The molecule has 5 atom stereocenters. The van der Waals surface area contributed by atoms with Gasteiger partial charge in [0.2, 0.25) is 0 Å². The molecule has 9 rings (SSSR count). The first-order valence-corrected chi connectivity index (χ1v) is 15.7. The first-order chi connectivity index (χ1) is 20.3. The van der Waals surface area contributed by atoms with Gasteiger partial charge >= 0.3 is 6.85 Å². The van der Waals surface area contributed by atoms with Crippen molar-refractivity contribution in [2.75, 3.05) is 0 Å². The van der Waals surface area contributed by atoms with Crippen molar-refractivity contribution in [2.45, 2.75) is 17.0 Å². The number of rotatable bonds is 1. The summed E-state index contributed by atoms with van der Waals surface area (Å²) in [6, 6.07) is 36.6. The molecule has 0 amide bonds. The molecule has 194 valence electrons. The highest BCUT2D eigenvalue weighted by molar-refractivity contribution is 9.25. The van der Waals surface area contributed by atoms with Crippen LogP contribution in [0.3, 0.4) is 0 Å². The molecule has 1 nitrogen and oxygen atoms in total. The third-order valence-electron chi connectivity index (χ3n) is 10.4. The molecule has 41 heavy (non-hydrogen) atoms. The molecule has 0 saturated heterocycles. The average Bonchev–Trinajstić information content (AvgIpc) is 3.37. The molecule has 5 unspecified atom stereocenters. The van der Waals surface area contributed by atoms with Gasteiger partial charge in [0.15, 0.2) is 0 Å². The Hall–Kier alpha value is -3.75. The van der Waals surface area contributed by atoms with Crippen LogP contribution in [0.5, 0.6) is 0 Å². The quantitative estimate of drug-likeness (QED) is 0.177. The van der Waals surface area contributed by atoms with Crippen LogP contribution < -0.4 is 10.9 Å². The molecule has 0 N–H and O–H groups in total. The highest BCUT2D eigenvalue weighted by Crippen LogP contribution is 2.61. The van der Waals surface area contributed by atoms with Crippen LogP contribution in [0.2, 0.25) is 11.6 Å². The van der Waals surface area contributed by atoms with Gasteiger partial charge in [-0.2, -0.15) is 0 Å². The van der Waals surface area contributed by atoms with E-state index in [1.807, 2.05) is 0 Å². The smallest absolute Gasteiger partial charge is 0.301 e. The number of hydrogen-bond acceptors (Lipinski definition) is 0. The lowest BCUT2D eigenvalue weighted by Crippen LogP contribution is -2.64. The maximum absolute atomic E-state index is 4.18. The van der Waals surface area contributed by atoms with Gasteiger partial charge in [0, 0.05) is 27.2 Å². The van der Waals surface area contributed by atoms with E-state index in [4.69, 9.17) is 0 Å². The molecule has 4 aromatic carbocycles. The van der Waals surface area contributed by atoms with Crippen molar-refractivity contribution in [3.63, 3.8) is 0 Å². The van der Waals surface area contributed by atoms with Gasteiger partial charge in [0.1, 0.15) is 0 Å². The maximum atomic E-state index is 4.18.